The number of methoxy groups -OCH3 is 1. The molecular formula is C18H30F2IN3O3. The Labute approximate surface area is 176 Å². The van der Waals surface area contributed by atoms with Crippen LogP contribution in [0.1, 0.15) is 32.8 Å². The van der Waals surface area contributed by atoms with Crippen molar-refractivity contribution < 1.29 is 23.4 Å². The van der Waals surface area contributed by atoms with Gasteiger partial charge in [0.05, 0.1) is 20.3 Å². The van der Waals surface area contributed by atoms with E-state index in [1.165, 1.54) is 13.2 Å². The summed E-state index contributed by atoms with van der Waals surface area (Å²) in [5, 5.41) is 15.8. The Morgan fingerprint density at radius 1 is 1.30 bits per heavy atom. The molecule has 0 heterocycles. The molecular weight excluding hydrogens is 471 g/mol. The maximum absolute atomic E-state index is 12.6. The summed E-state index contributed by atoms with van der Waals surface area (Å²) in [4.78, 5) is 4.43. The molecule has 0 saturated carbocycles. The van der Waals surface area contributed by atoms with Crippen LogP contribution in [0.2, 0.25) is 0 Å². The number of ether oxygens (including phenoxy) is 2. The van der Waals surface area contributed by atoms with Gasteiger partial charge in [-0.3, -0.25) is 0 Å². The van der Waals surface area contributed by atoms with Crippen molar-refractivity contribution in [3.63, 3.8) is 0 Å². The minimum atomic E-state index is -2.91. The van der Waals surface area contributed by atoms with Crippen LogP contribution in [0.3, 0.4) is 0 Å². The Kier molecular flexibility index (Phi) is 12.3. The molecule has 156 valence electrons. The average Bonchev–Trinajstić information content (AvgIpc) is 2.64. The van der Waals surface area contributed by atoms with Crippen molar-refractivity contribution in [1.29, 1.82) is 0 Å². The number of nitrogens with zero attached hydrogens (tertiary/aromatic N) is 1. The summed E-state index contributed by atoms with van der Waals surface area (Å²) in [5.41, 5.74) is 0.220. The number of halogens is 3. The van der Waals surface area contributed by atoms with Crippen molar-refractivity contribution in [1.82, 2.24) is 10.6 Å². The van der Waals surface area contributed by atoms with Gasteiger partial charge in [0.15, 0.2) is 5.96 Å². The Balaban J connectivity index is 0.00000676. The molecule has 0 spiro atoms. The van der Waals surface area contributed by atoms with Crippen LogP contribution in [0.5, 0.6) is 11.5 Å². The van der Waals surface area contributed by atoms with E-state index in [-0.39, 0.29) is 48.3 Å². The van der Waals surface area contributed by atoms with Gasteiger partial charge < -0.3 is 25.2 Å². The number of aliphatic hydroxyl groups is 1. The number of hydrogen-bond donors (Lipinski definition) is 3. The topological polar surface area (TPSA) is 75.1 Å². The monoisotopic (exact) mass is 501 g/mol. The highest BCUT2D eigenvalue weighted by atomic mass is 127. The molecule has 0 radical (unpaired) electrons. The molecule has 9 heteroatoms. The third-order valence-electron chi connectivity index (χ3n) is 4.15. The van der Waals surface area contributed by atoms with Crippen molar-refractivity contribution in [2.24, 2.45) is 10.4 Å². The predicted molar refractivity (Wildman–Crippen MR) is 113 cm³/mol. The third kappa shape index (κ3) is 8.91. The zero-order valence-corrected chi connectivity index (χ0v) is 18.6. The zero-order valence-electron chi connectivity index (χ0n) is 16.2. The van der Waals surface area contributed by atoms with Gasteiger partial charge in [0, 0.05) is 24.1 Å². The van der Waals surface area contributed by atoms with E-state index >= 15 is 0 Å². The summed E-state index contributed by atoms with van der Waals surface area (Å²) in [6.45, 7) is 4.36. The number of aliphatic hydroxyl groups excluding tert-OH is 1. The van der Waals surface area contributed by atoms with Crippen LogP contribution < -0.4 is 20.1 Å². The summed E-state index contributed by atoms with van der Waals surface area (Å²) in [5.74, 6) is 1.13. The first kappa shape index (κ1) is 25.6. The van der Waals surface area contributed by atoms with E-state index in [4.69, 9.17) is 4.74 Å². The Bertz CT molecular complexity index is 585. The van der Waals surface area contributed by atoms with E-state index in [0.29, 0.717) is 30.4 Å². The number of alkyl halides is 2. The molecule has 1 unspecified atom stereocenters. The summed E-state index contributed by atoms with van der Waals surface area (Å²) < 4.78 is 34.9. The van der Waals surface area contributed by atoms with Crippen LogP contribution in [-0.2, 0) is 6.54 Å². The highest BCUT2D eigenvalue weighted by Crippen LogP contribution is 2.26. The van der Waals surface area contributed by atoms with Gasteiger partial charge in [-0.25, -0.2) is 4.99 Å². The second-order valence-electron chi connectivity index (χ2n) is 6.22. The average molecular weight is 501 g/mol. The summed E-state index contributed by atoms with van der Waals surface area (Å²) in [6.07, 6.45) is 0.804. The molecule has 1 rings (SSSR count). The molecule has 1 atom stereocenters. The molecule has 1 aromatic carbocycles. The van der Waals surface area contributed by atoms with E-state index in [9.17, 15) is 13.9 Å². The largest absolute Gasteiger partial charge is 0.497 e. The molecule has 0 aromatic heterocycles. The summed E-state index contributed by atoms with van der Waals surface area (Å²) in [6, 6.07) is 4.62. The Hall–Kier alpha value is -1.36. The van der Waals surface area contributed by atoms with E-state index in [0.717, 1.165) is 6.42 Å². The lowest BCUT2D eigenvalue weighted by Gasteiger charge is -2.26. The molecule has 0 saturated heterocycles. The minimum Gasteiger partial charge on any atom is -0.497 e. The van der Waals surface area contributed by atoms with Crippen molar-refractivity contribution in [2.75, 3.05) is 26.8 Å². The van der Waals surface area contributed by atoms with Gasteiger partial charge in [-0.15, -0.1) is 24.0 Å². The van der Waals surface area contributed by atoms with Crippen LogP contribution in [0.15, 0.2) is 23.2 Å². The van der Waals surface area contributed by atoms with Crippen LogP contribution in [0.4, 0.5) is 8.78 Å². The standard InChI is InChI=1S/C18H29F2N3O3.HI/c1-5-18(3,12-24)11-23-17(21-6-2)22-10-13-9-14(25-4)7-8-15(13)26-16(19)20;/h7-9,16,24H,5-6,10-12H2,1-4H3,(H2,21,22,23);1H. The van der Waals surface area contributed by atoms with Gasteiger partial charge in [-0.05, 0) is 31.5 Å². The first-order valence-corrected chi connectivity index (χ1v) is 8.62. The Morgan fingerprint density at radius 2 is 2.00 bits per heavy atom. The molecule has 1 aromatic rings. The molecule has 0 aliphatic rings. The van der Waals surface area contributed by atoms with Gasteiger partial charge in [0.2, 0.25) is 0 Å². The van der Waals surface area contributed by atoms with Crippen LogP contribution in [0, 0.1) is 5.41 Å². The normalized spacial score (nSPS) is 13.6. The smallest absolute Gasteiger partial charge is 0.387 e. The molecule has 27 heavy (non-hydrogen) atoms. The third-order valence-corrected chi connectivity index (χ3v) is 4.15. The number of aliphatic imine (C=N–C) groups is 1. The number of guanidine groups is 1. The van der Waals surface area contributed by atoms with Crippen molar-refractivity contribution in [3.05, 3.63) is 23.8 Å². The lowest BCUT2D eigenvalue weighted by molar-refractivity contribution is -0.0504. The number of hydrogen-bond acceptors (Lipinski definition) is 4. The van der Waals surface area contributed by atoms with Crippen molar-refractivity contribution in [2.45, 2.75) is 40.3 Å². The minimum absolute atomic E-state index is 0. The molecule has 3 N–H and O–H groups in total. The van der Waals surface area contributed by atoms with Gasteiger partial charge in [0.1, 0.15) is 11.5 Å². The summed E-state index contributed by atoms with van der Waals surface area (Å²) in [7, 11) is 1.50. The number of benzene rings is 1. The number of rotatable bonds is 10. The highest BCUT2D eigenvalue weighted by Gasteiger charge is 2.21. The van der Waals surface area contributed by atoms with Gasteiger partial charge in [-0.2, -0.15) is 8.78 Å². The molecule has 0 amide bonds. The zero-order chi connectivity index (χ0) is 19.6. The van der Waals surface area contributed by atoms with E-state index < -0.39 is 6.61 Å². The quantitative estimate of drug-likeness (QED) is 0.261. The first-order chi connectivity index (χ1) is 12.4. The molecule has 6 nitrogen and oxygen atoms in total. The Morgan fingerprint density at radius 3 is 2.52 bits per heavy atom. The predicted octanol–water partition coefficient (Wildman–Crippen LogP) is 3.38. The fourth-order valence-electron chi connectivity index (χ4n) is 2.11. The lowest BCUT2D eigenvalue weighted by atomic mass is 9.89. The maximum atomic E-state index is 12.6. The summed E-state index contributed by atoms with van der Waals surface area (Å²) >= 11 is 0. The molecule has 0 bridgehead atoms. The van der Waals surface area contributed by atoms with Crippen LogP contribution in [-0.4, -0.2) is 44.5 Å². The van der Waals surface area contributed by atoms with Gasteiger partial charge in [0.25, 0.3) is 0 Å². The van der Waals surface area contributed by atoms with E-state index in [2.05, 4.69) is 20.4 Å². The fourth-order valence-corrected chi connectivity index (χ4v) is 2.11. The molecule has 0 aliphatic heterocycles. The van der Waals surface area contributed by atoms with E-state index in [1.54, 1.807) is 12.1 Å². The van der Waals surface area contributed by atoms with Crippen molar-refractivity contribution in [3.8, 4) is 11.5 Å². The highest BCUT2D eigenvalue weighted by molar-refractivity contribution is 14.0. The first-order valence-electron chi connectivity index (χ1n) is 8.62. The van der Waals surface area contributed by atoms with Crippen molar-refractivity contribution >= 4 is 29.9 Å². The second-order valence-corrected chi connectivity index (χ2v) is 6.22. The fraction of sp³-hybridized carbons (Fsp3) is 0.611. The van der Waals surface area contributed by atoms with Crippen LogP contribution >= 0.6 is 24.0 Å². The SMILES string of the molecule is CCNC(=NCc1cc(OC)ccc1OC(F)F)NCC(C)(CC)CO.I. The van der Waals surface area contributed by atoms with E-state index in [1.807, 2.05) is 20.8 Å². The van der Waals surface area contributed by atoms with Gasteiger partial charge >= 0.3 is 6.61 Å². The number of nitrogens with one attached hydrogen (secondary N) is 2. The van der Waals surface area contributed by atoms with Crippen LogP contribution in [0.25, 0.3) is 0 Å². The molecule has 0 fully saturated rings. The second kappa shape index (κ2) is 12.9. The molecule has 0 aliphatic carbocycles. The van der Waals surface area contributed by atoms with Gasteiger partial charge in [-0.1, -0.05) is 13.8 Å². The maximum Gasteiger partial charge on any atom is 0.387 e. The lowest BCUT2D eigenvalue weighted by Crippen LogP contribution is -2.43.